The zero-order valence-electron chi connectivity index (χ0n) is 34.5. The van der Waals surface area contributed by atoms with Gasteiger partial charge in [0.2, 0.25) is 0 Å². The number of piperidine rings is 1. The zero-order chi connectivity index (χ0) is 43.5. The summed E-state index contributed by atoms with van der Waals surface area (Å²) in [6.45, 7) is 10.2. The van der Waals surface area contributed by atoms with Crippen LogP contribution in [-0.2, 0) is 19.9 Å². The van der Waals surface area contributed by atoms with Gasteiger partial charge in [0.15, 0.2) is 0 Å². The minimum atomic E-state index is -5.93. The third-order valence-corrected chi connectivity index (χ3v) is 15.7. The van der Waals surface area contributed by atoms with E-state index < -0.39 is 47.0 Å². The van der Waals surface area contributed by atoms with Crippen molar-refractivity contribution in [3.63, 3.8) is 0 Å². The van der Waals surface area contributed by atoms with Crippen LogP contribution in [0.15, 0.2) is 95.0 Å². The number of carbonyl (C=O) groups is 1. The lowest BCUT2D eigenvalue weighted by molar-refractivity contribution is -0.0436. The van der Waals surface area contributed by atoms with Gasteiger partial charge in [-0.15, -0.1) is 0 Å². The summed E-state index contributed by atoms with van der Waals surface area (Å²) in [4.78, 5) is 24.2. The molecule has 2 aromatic heterocycles. The van der Waals surface area contributed by atoms with Crippen molar-refractivity contribution in [2.45, 2.75) is 105 Å². The van der Waals surface area contributed by atoms with E-state index >= 15 is 0 Å². The minimum Gasteiger partial charge on any atom is -0.455 e. The quantitative estimate of drug-likeness (QED) is 0.133. The number of aromatic amines is 1. The fourth-order valence-electron chi connectivity index (χ4n) is 9.56. The van der Waals surface area contributed by atoms with Crippen LogP contribution < -0.4 is 14.4 Å². The number of hydrogen-bond acceptors (Lipinski definition) is 9. The highest BCUT2D eigenvalue weighted by atomic mass is 32.2. The smallest absolute Gasteiger partial charge is 0.455 e. The molecule has 0 radical (unpaired) electrons. The van der Waals surface area contributed by atoms with Gasteiger partial charge in [0, 0.05) is 48.5 Å². The van der Waals surface area contributed by atoms with Crippen LogP contribution in [0.25, 0.3) is 11.0 Å². The molecule has 0 bridgehead atoms. The van der Waals surface area contributed by atoms with Crippen molar-refractivity contribution in [1.29, 1.82) is 0 Å². The van der Waals surface area contributed by atoms with E-state index in [1.165, 1.54) is 50.1 Å². The Labute approximate surface area is 354 Å². The Balaban J connectivity index is 1.01. The van der Waals surface area contributed by atoms with Gasteiger partial charge in [0.05, 0.1) is 21.6 Å². The summed E-state index contributed by atoms with van der Waals surface area (Å²) in [5.41, 5.74) is -1.53. The number of likely N-dealkylation sites (tertiary alicyclic amines) is 1. The Kier molecular flexibility index (Phi) is 11.3. The molecular weight excluding hydrogens is 828 g/mol. The first kappa shape index (κ1) is 42.7. The van der Waals surface area contributed by atoms with Crippen molar-refractivity contribution < 1.29 is 39.5 Å². The maximum Gasteiger partial charge on any atom is 0.501 e. The maximum absolute atomic E-state index is 13.8. The number of ether oxygens (including phenoxy) is 1. The van der Waals surface area contributed by atoms with Crippen LogP contribution in [0.3, 0.4) is 0 Å². The molecule has 2 aliphatic heterocycles. The van der Waals surface area contributed by atoms with E-state index in [1.807, 2.05) is 4.72 Å². The van der Waals surface area contributed by atoms with Gasteiger partial charge < -0.3 is 14.6 Å². The topological polar surface area (TPSA) is 142 Å². The van der Waals surface area contributed by atoms with Gasteiger partial charge in [0.1, 0.15) is 17.1 Å². The molecule has 324 valence electrons. The number of halogens is 3. The first-order valence-corrected chi connectivity index (χ1v) is 23.7. The number of nitrogens with zero attached hydrogens (tertiary/aromatic N) is 3. The summed E-state index contributed by atoms with van der Waals surface area (Å²) < 4.78 is 101. The number of nitrogens with one attached hydrogen (secondary N) is 2. The molecule has 2 saturated heterocycles. The summed E-state index contributed by atoms with van der Waals surface area (Å²) in [5.74, 6) is -1.03. The van der Waals surface area contributed by atoms with Crippen LogP contribution in [0.2, 0.25) is 0 Å². The SMILES string of the molecule is CC(C)c1ccccc1[C@@H]1CCCN1C1CC2(CCN(c3ccc(C(=O)NS(=O)(=O)c4ccc(C(C)C)c(S(=O)(=O)C(F)(F)F)c4)c(Oc4cnc5[nH]ccc5c4)c3)CC2)C1. The van der Waals surface area contributed by atoms with Crippen molar-refractivity contribution in [2.24, 2.45) is 5.41 Å². The van der Waals surface area contributed by atoms with E-state index in [1.54, 1.807) is 30.5 Å². The average molecular weight is 878 g/mol. The van der Waals surface area contributed by atoms with Crippen LogP contribution in [0.1, 0.15) is 111 Å². The Morgan fingerprint density at radius 1 is 0.902 bits per heavy atom. The molecule has 3 aromatic carbocycles. The molecule has 1 atom stereocenters. The predicted molar refractivity (Wildman–Crippen MR) is 227 cm³/mol. The summed E-state index contributed by atoms with van der Waals surface area (Å²) in [6.07, 6.45) is 9.86. The molecule has 16 heteroatoms. The lowest BCUT2D eigenvalue weighted by Gasteiger charge is -2.56. The number of aromatic nitrogens is 2. The van der Waals surface area contributed by atoms with E-state index in [0.717, 1.165) is 68.5 Å². The molecule has 5 aromatic rings. The second kappa shape index (κ2) is 16.1. The first-order chi connectivity index (χ1) is 28.9. The van der Waals surface area contributed by atoms with Crippen LogP contribution in [-0.4, -0.2) is 68.8 Å². The maximum atomic E-state index is 13.8. The lowest BCUT2D eigenvalue weighted by atomic mass is 9.59. The zero-order valence-corrected chi connectivity index (χ0v) is 36.1. The van der Waals surface area contributed by atoms with E-state index in [0.29, 0.717) is 29.7 Å². The lowest BCUT2D eigenvalue weighted by Crippen LogP contribution is -2.54. The molecule has 8 rings (SSSR count). The monoisotopic (exact) mass is 877 g/mol. The fourth-order valence-corrected chi connectivity index (χ4v) is 11.8. The molecule has 61 heavy (non-hydrogen) atoms. The largest absolute Gasteiger partial charge is 0.501 e. The fraction of sp³-hybridized carbons (Fsp3) is 0.422. The van der Waals surface area contributed by atoms with Crippen LogP contribution in [0.4, 0.5) is 18.9 Å². The molecule has 3 fully saturated rings. The van der Waals surface area contributed by atoms with Crippen molar-refractivity contribution in [1.82, 2.24) is 19.6 Å². The standard InChI is InChI=1S/C45H50F3N5O6S2/c1-28(2)35-8-5-6-9-37(35)39-10-7-19-53(39)32-25-44(26-32)16-20-52(21-17-44)31-11-13-38(40(23-31)59-33-22-30-15-18-49-42(30)50-27-33)43(54)51-61(57,58)34-12-14-36(29(3)4)41(24-34)60(55,56)45(46,47)48/h5-6,8-9,11-15,18,22-24,27-29,32,39H,7,10,16-17,19-21,25-26H2,1-4H3,(H,49,50)(H,51,54)/t39-/m0/s1. The van der Waals surface area contributed by atoms with Crippen LogP contribution in [0, 0.1) is 5.41 Å². The molecule has 1 aliphatic carbocycles. The highest BCUT2D eigenvalue weighted by Crippen LogP contribution is 2.54. The molecule has 0 unspecified atom stereocenters. The number of fused-ring (bicyclic) bond motifs is 1. The molecule has 3 aliphatic rings. The number of carbonyl (C=O) groups excluding carboxylic acids is 1. The van der Waals surface area contributed by atoms with Crippen molar-refractivity contribution in [2.75, 3.05) is 24.5 Å². The molecule has 11 nitrogen and oxygen atoms in total. The molecule has 2 N–H and O–H groups in total. The molecule has 4 heterocycles. The van der Waals surface area contributed by atoms with Crippen molar-refractivity contribution >= 4 is 42.5 Å². The highest BCUT2D eigenvalue weighted by Gasteiger charge is 2.50. The number of H-pyrrole nitrogens is 1. The van der Waals surface area contributed by atoms with E-state index in [9.17, 15) is 34.8 Å². The molecule has 1 spiro atoms. The summed E-state index contributed by atoms with van der Waals surface area (Å²) in [5, 5.41) is 0.737. The molecule has 1 saturated carbocycles. The molecular formula is C45H50F3N5O6S2. The Morgan fingerprint density at radius 3 is 2.33 bits per heavy atom. The second-order valence-electron chi connectivity index (χ2n) is 17.3. The van der Waals surface area contributed by atoms with Crippen LogP contribution in [0.5, 0.6) is 11.5 Å². The van der Waals surface area contributed by atoms with Gasteiger partial charge in [0.25, 0.3) is 25.8 Å². The Hall–Kier alpha value is -4.93. The van der Waals surface area contributed by atoms with E-state index in [2.05, 4.69) is 57.9 Å². The van der Waals surface area contributed by atoms with Gasteiger partial charge in [-0.1, -0.05) is 58.0 Å². The third kappa shape index (κ3) is 8.26. The second-order valence-corrected chi connectivity index (χ2v) is 20.9. The van der Waals surface area contributed by atoms with E-state index in [-0.39, 0.29) is 28.0 Å². The van der Waals surface area contributed by atoms with Crippen LogP contribution >= 0.6 is 0 Å². The number of sulfone groups is 1. The number of rotatable bonds is 11. The van der Waals surface area contributed by atoms with Gasteiger partial charge in [-0.3, -0.25) is 9.69 Å². The third-order valence-electron chi connectivity index (χ3n) is 12.8. The number of pyridine rings is 1. The van der Waals surface area contributed by atoms with Crippen molar-refractivity contribution in [3.8, 4) is 11.5 Å². The van der Waals surface area contributed by atoms with Gasteiger partial charge >= 0.3 is 5.51 Å². The number of alkyl halides is 3. The number of benzene rings is 3. The Morgan fingerprint density at radius 2 is 1.62 bits per heavy atom. The summed E-state index contributed by atoms with van der Waals surface area (Å²) in [7, 11) is -10.8. The van der Waals surface area contributed by atoms with Gasteiger partial charge in [-0.25, -0.2) is 26.5 Å². The normalized spacial score (nSPS) is 18.9. The summed E-state index contributed by atoms with van der Waals surface area (Å²) >= 11 is 0. The van der Waals surface area contributed by atoms with Gasteiger partial charge in [-0.2, -0.15) is 13.2 Å². The number of hydrogen-bond donors (Lipinski definition) is 2. The Bertz CT molecular complexity index is 2680. The molecule has 1 amide bonds. The summed E-state index contributed by atoms with van der Waals surface area (Å²) in [6, 6.07) is 20.7. The highest BCUT2D eigenvalue weighted by molar-refractivity contribution is 7.92. The number of sulfonamides is 1. The average Bonchev–Trinajstić information content (AvgIpc) is 3.89. The number of anilines is 1. The van der Waals surface area contributed by atoms with Crippen molar-refractivity contribution in [3.05, 3.63) is 107 Å². The minimum absolute atomic E-state index is 0.0307. The number of amides is 1. The van der Waals surface area contributed by atoms with E-state index in [4.69, 9.17) is 4.74 Å². The predicted octanol–water partition coefficient (Wildman–Crippen LogP) is 9.60. The first-order valence-electron chi connectivity index (χ1n) is 20.7. The van der Waals surface area contributed by atoms with Gasteiger partial charge in [-0.05, 0) is 115 Å².